The van der Waals surface area contributed by atoms with Gasteiger partial charge in [0.2, 0.25) is 5.91 Å². The minimum Gasteiger partial charge on any atom is -0.383 e. The predicted octanol–water partition coefficient (Wildman–Crippen LogP) is 0.265. The molecule has 0 spiro atoms. The second-order valence-corrected chi connectivity index (χ2v) is 3.82. The van der Waals surface area contributed by atoms with Crippen molar-refractivity contribution in [2.24, 2.45) is 5.73 Å². The molecule has 0 saturated heterocycles. The van der Waals surface area contributed by atoms with E-state index in [4.69, 9.17) is 10.5 Å². The third kappa shape index (κ3) is 4.85. The normalized spacial score (nSPS) is 14.2. The van der Waals surface area contributed by atoms with Gasteiger partial charge < -0.3 is 10.5 Å². The van der Waals surface area contributed by atoms with Crippen molar-refractivity contribution in [1.29, 1.82) is 0 Å². The number of nitrogens with one attached hydrogen (secondary N) is 1. The van der Waals surface area contributed by atoms with Gasteiger partial charge in [-0.15, -0.1) is 0 Å². The van der Waals surface area contributed by atoms with E-state index in [1.807, 2.05) is 20.8 Å². The van der Waals surface area contributed by atoms with Gasteiger partial charge in [-0.2, -0.15) is 0 Å². The summed E-state index contributed by atoms with van der Waals surface area (Å²) in [6.45, 7) is 6.42. The lowest BCUT2D eigenvalue weighted by Crippen LogP contribution is -2.53. The molecule has 0 fully saturated rings. The second kappa shape index (κ2) is 5.19. The van der Waals surface area contributed by atoms with Crippen LogP contribution >= 0.6 is 0 Å². The Hall–Kier alpha value is -0.610. The molecule has 0 aromatic carbocycles. The van der Waals surface area contributed by atoms with E-state index in [1.54, 1.807) is 7.11 Å². The summed E-state index contributed by atoms with van der Waals surface area (Å²) >= 11 is 0. The number of primary amides is 1. The fourth-order valence-electron chi connectivity index (χ4n) is 1.25. The number of rotatable bonds is 6. The molecule has 0 bridgehead atoms. The Kier molecular flexibility index (Phi) is 4.95. The molecule has 13 heavy (non-hydrogen) atoms. The SMILES string of the molecule is CCC(NC(C)(C)COC)C(N)=O. The number of hydrogen-bond acceptors (Lipinski definition) is 3. The van der Waals surface area contributed by atoms with Crippen LogP contribution in [0.4, 0.5) is 0 Å². The molecule has 0 radical (unpaired) electrons. The average Bonchev–Trinajstić information content (AvgIpc) is 1.99. The standard InChI is InChI=1S/C9H20N2O2/c1-5-7(8(10)12)11-9(2,3)6-13-4/h7,11H,5-6H2,1-4H3,(H2,10,12). The molecule has 0 aromatic heterocycles. The minimum absolute atomic E-state index is 0.218. The molecule has 0 aliphatic heterocycles. The smallest absolute Gasteiger partial charge is 0.234 e. The van der Waals surface area contributed by atoms with E-state index >= 15 is 0 Å². The number of carbonyl (C=O) groups excluding carboxylic acids is 1. The minimum atomic E-state index is -0.313. The molecule has 0 heterocycles. The van der Waals surface area contributed by atoms with E-state index in [-0.39, 0.29) is 17.5 Å². The summed E-state index contributed by atoms with van der Waals surface area (Å²) < 4.78 is 5.02. The molecule has 0 aliphatic rings. The third-order valence-electron chi connectivity index (χ3n) is 1.82. The number of methoxy groups -OCH3 is 1. The number of nitrogens with two attached hydrogens (primary N) is 1. The zero-order valence-electron chi connectivity index (χ0n) is 8.89. The maximum atomic E-state index is 10.9. The van der Waals surface area contributed by atoms with Gasteiger partial charge in [-0.1, -0.05) is 6.92 Å². The average molecular weight is 188 g/mol. The summed E-state index contributed by atoms with van der Waals surface area (Å²) in [5.41, 5.74) is 4.99. The molecular formula is C9H20N2O2. The van der Waals surface area contributed by atoms with Crippen LogP contribution in [-0.4, -0.2) is 31.2 Å². The zero-order chi connectivity index (χ0) is 10.5. The first kappa shape index (κ1) is 12.4. The number of hydrogen-bond donors (Lipinski definition) is 2. The van der Waals surface area contributed by atoms with Gasteiger partial charge in [-0.3, -0.25) is 10.1 Å². The maximum absolute atomic E-state index is 10.9. The Balaban J connectivity index is 4.13. The maximum Gasteiger partial charge on any atom is 0.234 e. The van der Waals surface area contributed by atoms with Gasteiger partial charge in [0.05, 0.1) is 12.6 Å². The zero-order valence-corrected chi connectivity index (χ0v) is 8.89. The van der Waals surface area contributed by atoms with Crippen LogP contribution in [0.15, 0.2) is 0 Å². The Morgan fingerprint density at radius 2 is 2.15 bits per heavy atom. The van der Waals surface area contributed by atoms with Crippen LogP contribution in [0.5, 0.6) is 0 Å². The Labute approximate surface area is 79.8 Å². The highest BCUT2D eigenvalue weighted by molar-refractivity contribution is 5.79. The second-order valence-electron chi connectivity index (χ2n) is 3.82. The summed E-state index contributed by atoms with van der Waals surface area (Å²) in [4.78, 5) is 10.9. The van der Waals surface area contributed by atoms with E-state index in [9.17, 15) is 4.79 Å². The van der Waals surface area contributed by atoms with Crippen molar-refractivity contribution in [3.8, 4) is 0 Å². The molecule has 0 aliphatic carbocycles. The summed E-state index contributed by atoms with van der Waals surface area (Å²) in [7, 11) is 1.63. The van der Waals surface area contributed by atoms with Crippen molar-refractivity contribution >= 4 is 5.91 Å². The highest BCUT2D eigenvalue weighted by Crippen LogP contribution is 2.05. The molecule has 78 valence electrons. The Morgan fingerprint density at radius 1 is 1.62 bits per heavy atom. The van der Waals surface area contributed by atoms with Gasteiger partial charge in [-0.25, -0.2) is 0 Å². The van der Waals surface area contributed by atoms with Crippen molar-refractivity contribution in [2.75, 3.05) is 13.7 Å². The van der Waals surface area contributed by atoms with Crippen molar-refractivity contribution < 1.29 is 9.53 Å². The van der Waals surface area contributed by atoms with Gasteiger partial charge in [0, 0.05) is 12.6 Å². The van der Waals surface area contributed by atoms with Crippen LogP contribution in [0.25, 0.3) is 0 Å². The lowest BCUT2D eigenvalue weighted by molar-refractivity contribution is -0.120. The number of ether oxygens (including phenoxy) is 1. The lowest BCUT2D eigenvalue weighted by Gasteiger charge is -2.29. The van der Waals surface area contributed by atoms with Crippen LogP contribution in [-0.2, 0) is 9.53 Å². The van der Waals surface area contributed by atoms with Crippen molar-refractivity contribution in [3.05, 3.63) is 0 Å². The summed E-state index contributed by atoms with van der Waals surface area (Å²) in [5.74, 6) is -0.313. The van der Waals surface area contributed by atoms with Gasteiger partial charge in [0.25, 0.3) is 0 Å². The molecule has 0 aromatic rings. The van der Waals surface area contributed by atoms with Gasteiger partial charge in [-0.05, 0) is 20.3 Å². The number of amides is 1. The highest BCUT2D eigenvalue weighted by Gasteiger charge is 2.23. The van der Waals surface area contributed by atoms with E-state index < -0.39 is 0 Å². The van der Waals surface area contributed by atoms with E-state index in [0.29, 0.717) is 13.0 Å². The Bertz CT molecular complexity index is 169. The van der Waals surface area contributed by atoms with Gasteiger partial charge >= 0.3 is 0 Å². The van der Waals surface area contributed by atoms with Crippen molar-refractivity contribution in [1.82, 2.24) is 5.32 Å². The fraction of sp³-hybridized carbons (Fsp3) is 0.889. The molecule has 4 nitrogen and oxygen atoms in total. The lowest BCUT2D eigenvalue weighted by atomic mass is 10.0. The van der Waals surface area contributed by atoms with Gasteiger partial charge in [0.15, 0.2) is 0 Å². The molecule has 3 N–H and O–H groups in total. The first-order chi connectivity index (χ1) is 5.93. The summed E-state index contributed by atoms with van der Waals surface area (Å²) in [5, 5.41) is 3.14. The van der Waals surface area contributed by atoms with Crippen LogP contribution in [0.1, 0.15) is 27.2 Å². The van der Waals surface area contributed by atoms with E-state index in [0.717, 1.165) is 0 Å². The first-order valence-electron chi connectivity index (χ1n) is 4.49. The summed E-state index contributed by atoms with van der Waals surface area (Å²) in [6.07, 6.45) is 0.697. The quantitative estimate of drug-likeness (QED) is 0.628. The van der Waals surface area contributed by atoms with Gasteiger partial charge in [0.1, 0.15) is 0 Å². The first-order valence-corrected chi connectivity index (χ1v) is 4.49. The molecule has 4 heteroatoms. The van der Waals surface area contributed by atoms with Crippen molar-refractivity contribution in [2.45, 2.75) is 38.8 Å². The third-order valence-corrected chi connectivity index (χ3v) is 1.82. The molecule has 1 unspecified atom stereocenters. The van der Waals surface area contributed by atoms with Crippen LogP contribution in [0.3, 0.4) is 0 Å². The molecule has 1 atom stereocenters. The Morgan fingerprint density at radius 3 is 2.46 bits per heavy atom. The van der Waals surface area contributed by atoms with Crippen LogP contribution in [0, 0.1) is 0 Å². The monoisotopic (exact) mass is 188 g/mol. The number of carbonyl (C=O) groups is 1. The van der Waals surface area contributed by atoms with Crippen LogP contribution in [0.2, 0.25) is 0 Å². The molecule has 0 saturated carbocycles. The predicted molar refractivity (Wildman–Crippen MR) is 52.4 cm³/mol. The topological polar surface area (TPSA) is 64.3 Å². The highest BCUT2D eigenvalue weighted by atomic mass is 16.5. The fourth-order valence-corrected chi connectivity index (χ4v) is 1.25. The van der Waals surface area contributed by atoms with E-state index in [2.05, 4.69) is 5.32 Å². The molecule has 0 rings (SSSR count). The van der Waals surface area contributed by atoms with E-state index in [1.165, 1.54) is 0 Å². The molecule has 1 amide bonds. The van der Waals surface area contributed by atoms with Crippen LogP contribution < -0.4 is 11.1 Å². The van der Waals surface area contributed by atoms with Crippen molar-refractivity contribution in [3.63, 3.8) is 0 Å². The molecular weight excluding hydrogens is 168 g/mol. The largest absolute Gasteiger partial charge is 0.383 e. The summed E-state index contributed by atoms with van der Waals surface area (Å²) in [6, 6.07) is -0.273.